The van der Waals surface area contributed by atoms with Gasteiger partial charge in [0.2, 0.25) is 5.95 Å². The molecule has 3 N–H and O–H groups in total. The molecule has 2 aliphatic rings. The summed E-state index contributed by atoms with van der Waals surface area (Å²) in [5.74, 6) is 0.614. The Bertz CT molecular complexity index is 1390. The lowest BCUT2D eigenvalue weighted by molar-refractivity contribution is -0.137. The highest BCUT2D eigenvalue weighted by atomic mass is 19.4. The van der Waals surface area contributed by atoms with Crippen LogP contribution in [0, 0.1) is 0 Å². The van der Waals surface area contributed by atoms with Crippen molar-refractivity contribution in [2.75, 3.05) is 22.9 Å². The van der Waals surface area contributed by atoms with Crippen molar-refractivity contribution in [3.8, 4) is 11.4 Å². The van der Waals surface area contributed by atoms with Crippen molar-refractivity contribution >= 4 is 17.3 Å². The van der Waals surface area contributed by atoms with Crippen molar-refractivity contribution in [2.24, 2.45) is 0 Å². The molecule has 1 fully saturated rings. The van der Waals surface area contributed by atoms with Crippen LogP contribution >= 0.6 is 0 Å². The molecule has 3 aromatic carbocycles. The van der Waals surface area contributed by atoms with Gasteiger partial charge in [-0.15, -0.1) is 0 Å². The number of fused-ring (bicyclic) bond motifs is 2. The van der Waals surface area contributed by atoms with Crippen LogP contribution in [0.4, 0.5) is 30.5 Å². The van der Waals surface area contributed by atoms with Gasteiger partial charge in [-0.25, -0.2) is 5.10 Å². The summed E-state index contributed by atoms with van der Waals surface area (Å²) in [6, 6.07) is 20.3. The first-order chi connectivity index (χ1) is 18.3. The van der Waals surface area contributed by atoms with E-state index in [-0.39, 0.29) is 12.4 Å². The van der Waals surface area contributed by atoms with Crippen LogP contribution in [0.25, 0.3) is 11.4 Å². The summed E-state index contributed by atoms with van der Waals surface area (Å²) < 4.78 is 38.8. The van der Waals surface area contributed by atoms with Crippen molar-refractivity contribution in [3.05, 3.63) is 89.5 Å². The van der Waals surface area contributed by atoms with Crippen molar-refractivity contribution in [3.63, 3.8) is 0 Å². The van der Waals surface area contributed by atoms with Gasteiger partial charge in [0.25, 0.3) is 0 Å². The highest BCUT2D eigenvalue weighted by Crippen LogP contribution is 2.40. The number of hydrogen-bond acceptors (Lipinski definition) is 6. The first-order valence-electron chi connectivity index (χ1n) is 12.5. The average molecular weight is 522 g/mol. The van der Waals surface area contributed by atoms with Crippen LogP contribution in [0.3, 0.4) is 0 Å². The second-order valence-corrected chi connectivity index (χ2v) is 9.72. The molecule has 196 valence electrons. The van der Waals surface area contributed by atoms with E-state index < -0.39 is 30.0 Å². The van der Waals surface area contributed by atoms with Crippen molar-refractivity contribution in [1.29, 1.82) is 0 Å². The number of benzene rings is 3. The number of nitrogens with zero attached hydrogens (tertiary/aromatic N) is 4. The highest BCUT2D eigenvalue weighted by molar-refractivity contribution is 5.72. The molecule has 0 bridgehead atoms. The van der Waals surface area contributed by atoms with E-state index in [0.29, 0.717) is 18.1 Å². The smallest absolute Gasteiger partial charge is 0.388 e. The topological polar surface area (TPSA) is 88.5 Å². The third kappa shape index (κ3) is 4.39. The van der Waals surface area contributed by atoms with Crippen molar-refractivity contribution in [2.45, 2.75) is 37.3 Å². The summed E-state index contributed by atoms with van der Waals surface area (Å²) in [5.41, 5.74) is 3.98. The zero-order chi connectivity index (χ0) is 26.4. The van der Waals surface area contributed by atoms with Crippen molar-refractivity contribution in [1.82, 2.24) is 15.2 Å². The monoisotopic (exact) mass is 521 g/mol. The van der Waals surface area contributed by atoms with E-state index in [1.807, 2.05) is 41.3 Å². The Morgan fingerprint density at radius 1 is 0.816 bits per heavy atom. The molecule has 6 rings (SSSR count). The van der Waals surface area contributed by atoms with E-state index in [4.69, 9.17) is 0 Å². The number of alkyl halides is 3. The molecule has 10 heteroatoms. The fraction of sp³-hybridized carbons (Fsp3) is 0.286. The molecule has 38 heavy (non-hydrogen) atoms. The minimum atomic E-state index is -4.42. The minimum Gasteiger partial charge on any atom is -0.388 e. The molecule has 0 spiro atoms. The van der Waals surface area contributed by atoms with Crippen LogP contribution in [0.2, 0.25) is 0 Å². The number of aliphatic hydroxyl groups is 2. The normalized spacial score (nSPS) is 21.6. The number of rotatable bonds is 3. The maximum Gasteiger partial charge on any atom is 0.416 e. The molecule has 7 nitrogen and oxygen atoms in total. The summed E-state index contributed by atoms with van der Waals surface area (Å²) in [7, 11) is 0. The molecule has 0 amide bonds. The molecule has 0 unspecified atom stereocenters. The number of H-pyrrole nitrogens is 1. The first kappa shape index (κ1) is 24.4. The summed E-state index contributed by atoms with van der Waals surface area (Å²) in [6.45, 7) is 0.457. The van der Waals surface area contributed by atoms with Crippen LogP contribution in [0.15, 0.2) is 72.8 Å². The lowest BCUT2D eigenvalue weighted by Crippen LogP contribution is -2.61. The predicted molar refractivity (Wildman–Crippen MR) is 137 cm³/mol. The Labute approximate surface area is 217 Å². The molecule has 3 atom stereocenters. The van der Waals surface area contributed by atoms with Gasteiger partial charge in [0.05, 0.1) is 17.7 Å². The lowest BCUT2D eigenvalue weighted by atomic mass is 9.96. The van der Waals surface area contributed by atoms with Crippen molar-refractivity contribution < 1.29 is 23.4 Å². The number of para-hydroxylation sites is 2. The largest absolute Gasteiger partial charge is 0.416 e. The number of nitrogens with one attached hydrogen (secondary N) is 1. The predicted octanol–water partition coefficient (Wildman–Crippen LogP) is 4.34. The fourth-order valence-electron chi connectivity index (χ4n) is 5.41. The van der Waals surface area contributed by atoms with E-state index in [0.717, 1.165) is 47.5 Å². The Morgan fingerprint density at radius 2 is 1.42 bits per heavy atom. The SMILES string of the molecule is O[C@H]1[C@@H](O)CN(c2nc(-c3ccc(C(F)(F)F)cc3)n[nH]2)C[C@@H]1N1c2ccccc2CCc2ccccc21. The van der Waals surface area contributed by atoms with Gasteiger partial charge in [-0.2, -0.15) is 23.3 Å². The quantitative estimate of drug-likeness (QED) is 0.372. The number of aliphatic hydroxyl groups excluding tert-OH is 2. The molecule has 0 radical (unpaired) electrons. The molecule has 2 aliphatic heterocycles. The molecule has 1 aromatic heterocycles. The summed E-state index contributed by atoms with van der Waals surface area (Å²) >= 11 is 0. The van der Waals surface area contributed by atoms with Gasteiger partial charge in [-0.1, -0.05) is 48.5 Å². The first-order valence-corrected chi connectivity index (χ1v) is 12.5. The van der Waals surface area contributed by atoms with E-state index in [9.17, 15) is 23.4 Å². The maximum atomic E-state index is 12.9. The lowest BCUT2D eigenvalue weighted by Gasteiger charge is -2.45. The number of aryl methyl sites for hydroxylation is 2. The van der Waals surface area contributed by atoms with Crippen LogP contribution in [-0.2, 0) is 19.0 Å². The van der Waals surface area contributed by atoms with Crippen LogP contribution in [-0.4, -0.2) is 56.7 Å². The third-order valence-corrected chi connectivity index (χ3v) is 7.34. The highest BCUT2D eigenvalue weighted by Gasteiger charge is 2.41. The van der Waals surface area contributed by atoms with Crippen LogP contribution in [0.1, 0.15) is 16.7 Å². The number of piperidine rings is 1. The Balaban J connectivity index is 1.33. The Hall–Kier alpha value is -3.89. The Kier molecular flexibility index (Phi) is 6.08. The summed E-state index contributed by atoms with van der Waals surface area (Å²) in [4.78, 5) is 8.44. The number of anilines is 3. The zero-order valence-corrected chi connectivity index (χ0v) is 20.3. The number of aromatic nitrogens is 3. The summed E-state index contributed by atoms with van der Waals surface area (Å²) in [5, 5.41) is 29.2. The van der Waals surface area contributed by atoms with E-state index >= 15 is 0 Å². The molecular formula is C28H26F3N5O2. The van der Waals surface area contributed by atoms with E-state index in [1.54, 1.807) is 0 Å². The van der Waals surface area contributed by atoms with Gasteiger partial charge < -0.3 is 20.0 Å². The fourth-order valence-corrected chi connectivity index (χ4v) is 5.41. The molecule has 0 aliphatic carbocycles. The van der Waals surface area contributed by atoms with Gasteiger partial charge in [-0.3, -0.25) is 0 Å². The molecule has 1 saturated heterocycles. The number of β-amino-alcohol motifs (C(OH)–C–C–N with tert-alkyl or cyclic N) is 1. The van der Waals surface area contributed by atoms with Crippen LogP contribution in [0.5, 0.6) is 0 Å². The molecular weight excluding hydrogens is 495 g/mol. The molecule has 4 aromatic rings. The van der Waals surface area contributed by atoms with Gasteiger partial charge in [0, 0.05) is 30.0 Å². The maximum absolute atomic E-state index is 12.9. The van der Waals surface area contributed by atoms with Gasteiger partial charge in [0.15, 0.2) is 5.82 Å². The van der Waals surface area contributed by atoms with E-state index in [1.165, 1.54) is 12.1 Å². The Morgan fingerprint density at radius 3 is 2.03 bits per heavy atom. The molecule has 3 heterocycles. The van der Waals surface area contributed by atoms with Gasteiger partial charge in [0.1, 0.15) is 6.10 Å². The van der Waals surface area contributed by atoms with E-state index in [2.05, 4.69) is 32.2 Å². The molecule has 0 saturated carbocycles. The average Bonchev–Trinajstić information content (AvgIpc) is 3.35. The zero-order valence-electron chi connectivity index (χ0n) is 20.3. The third-order valence-electron chi connectivity index (χ3n) is 7.34. The second-order valence-electron chi connectivity index (χ2n) is 9.72. The van der Waals surface area contributed by atoms with Crippen LogP contribution < -0.4 is 9.80 Å². The number of hydrogen-bond donors (Lipinski definition) is 3. The second kappa shape index (κ2) is 9.45. The van der Waals surface area contributed by atoms with Gasteiger partial charge >= 0.3 is 6.18 Å². The van der Waals surface area contributed by atoms with Gasteiger partial charge in [-0.05, 0) is 48.2 Å². The minimum absolute atomic E-state index is 0.121. The number of aromatic amines is 1. The standard InChI is InChI=1S/C28H26F3N5O2/c29-28(30,31)20-13-11-19(12-14-20)26-32-27(34-33-26)35-15-23(25(38)24(37)16-35)36-21-7-3-1-5-17(21)9-10-18-6-2-4-8-22(18)36/h1-8,11-14,23-25,37-38H,9-10,15-16H2,(H,32,33,34)/t23-,24-,25+/m0/s1. The summed E-state index contributed by atoms with van der Waals surface area (Å²) in [6.07, 6.45) is -4.79. The number of halogens is 3.